The van der Waals surface area contributed by atoms with E-state index in [-0.39, 0.29) is 23.8 Å². The number of aromatic nitrogens is 4. The number of aryl methyl sites for hydroxylation is 1. The highest BCUT2D eigenvalue weighted by atomic mass is 16.5. The van der Waals surface area contributed by atoms with Crippen molar-refractivity contribution < 1.29 is 4.74 Å². The first-order valence-electron chi connectivity index (χ1n) is 9.57. The first-order valence-corrected chi connectivity index (χ1v) is 9.57. The molecule has 0 amide bonds. The van der Waals surface area contributed by atoms with Crippen molar-refractivity contribution >= 4 is 17.1 Å². The minimum absolute atomic E-state index is 0.0261. The van der Waals surface area contributed by atoms with Crippen molar-refractivity contribution in [1.82, 2.24) is 18.7 Å². The largest absolute Gasteiger partial charge is 0.378 e. The lowest BCUT2D eigenvalue weighted by atomic mass is 10.2. The molecule has 0 unspecified atom stereocenters. The van der Waals surface area contributed by atoms with Crippen LogP contribution in [0.5, 0.6) is 0 Å². The summed E-state index contributed by atoms with van der Waals surface area (Å²) < 4.78 is 10.2. The monoisotopic (exact) mass is 383 g/mol. The standard InChI is InChI=1S/C20H25N5O3/c1-14(2)25-16-17(21-19(25)23-9-11-28-12-10-23)22(3)20(27)24(18(16)26)13-15-7-5-4-6-8-15/h4-8,14H,9-13H2,1-3H3. The highest BCUT2D eigenvalue weighted by Gasteiger charge is 2.25. The van der Waals surface area contributed by atoms with Crippen LogP contribution in [0.4, 0.5) is 5.95 Å². The van der Waals surface area contributed by atoms with Gasteiger partial charge >= 0.3 is 5.69 Å². The smallest absolute Gasteiger partial charge is 0.332 e. The number of rotatable bonds is 4. The van der Waals surface area contributed by atoms with E-state index in [1.54, 1.807) is 7.05 Å². The van der Waals surface area contributed by atoms with Crippen LogP contribution in [0.15, 0.2) is 39.9 Å². The summed E-state index contributed by atoms with van der Waals surface area (Å²) in [5, 5.41) is 0. The Hall–Kier alpha value is -2.87. The second kappa shape index (κ2) is 7.27. The Morgan fingerprint density at radius 2 is 1.79 bits per heavy atom. The van der Waals surface area contributed by atoms with E-state index in [0.717, 1.165) is 11.5 Å². The van der Waals surface area contributed by atoms with E-state index in [4.69, 9.17) is 9.72 Å². The van der Waals surface area contributed by atoms with E-state index in [1.165, 1.54) is 9.13 Å². The van der Waals surface area contributed by atoms with E-state index >= 15 is 0 Å². The number of nitrogens with zero attached hydrogens (tertiary/aromatic N) is 5. The fraction of sp³-hybridized carbons (Fsp3) is 0.450. The molecule has 1 aliphatic rings. The molecule has 0 spiro atoms. The van der Waals surface area contributed by atoms with E-state index < -0.39 is 0 Å². The van der Waals surface area contributed by atoms with E-state index in [2.05, 4.69) is 4.90 Å². The molecule has 0 radical (unpaired) electrons. The maximum absolute atomic E-state index is 13.4. The fourth-order valence-corrected chi connectivity index (χ4v) is 3.71. The SMILES string of the molecule is CC(C)n1c(N2CCOCC2)nc2c1c(=O)n(Cc1ccccc1)c(=O)n2C. The second-order valence-electron chi connectivity index (χ2n) is 7.37. The van der Waals surface area contributed by atoms with Crippen LogP contribution >= 0.6 is 0 Å². The van der Waals surface area contributed by atoms with Gasteiger partial charge in [0.05, 0.1) is 19.8 Å². The minimum Gasteiger partial charge on any atom is -0.378 e. The van der Waals surface area contributed by atoms with E-state index in [9.17, 15) is 9.59 Å². The van der Waals surface area contributed by atoms with Gasteiger partial charge in [0.1, 0.15) is 0 Å². The van der Waals surface area contributed by atoms with Gasteiger partial charge < -0.3 is 14.2 Å². The number of hydrogen-bond donors (Lipinski definition) is 0. The van der Waals surface area contributed by atoms with Gasteiger partial charge in [-0.05, 0) is 19.4 Å². The number of anilines is 1. The third-order valence-electron chi connectivity index (χ3n) is 5.15. The topological polar surface area (TPSA) is 74.3 Å². The fourth-order valence-electron chi connectivity index (χ4n) is 3.71. The predicted octanol–water partition coefficient (Wildman–Crippen LogP) is 1.36. The van der Waals surface area contributed by atoms with Crippen LogP contribution in [-0.4, -0.2) is 45.0 Å². The molecular formula is C20H25N5O3. The molecule has 3 heterocycles. The van der Waals surface area contributed by atoms with E-state index in [0.29, 0.717) is 37.5 Å². The summed E-state index contributed by atoms with van der Waals surface area (Å²) in [6.45, 7) is 6.95. The number of hydrogen-bond acceptors (Lipinski definition) is 5. The van der Waals surface area contributed by atoms with Gasteiger partial charge in [-0.2, -0.15) is 4.98 Å². The number of benzene rings is 1. The molecule has 0 atom stereocenters. The Balaban J connectivity index is 1.95. The van der Waals surface area contributed by atoms with Crippen LogP contribution in [0.2, 0.25) is 0 Å². The minimum atomic E-state index is -0.358. The molecule has 2 aromatic heterocycles. The molecule has 1 aliphatic heterocycles. The van der Waals surface area contributed by atoms with Gasteiger partial charge in [-0.1, -0.05) is 30.3 Å². The Labute approximate surface area is 162 Å². The normalized spacial score (nSPS) is 14.9. The molecular weight excluding hydrogens is 358 g/mol. The zero-order valence-corrected chi connectivity index (χ0v) is 16.5. The Morgan fingerprint density at radius 3 is 2.43 bits per heavy atom. The molecule has 8 heteroatoms. The Morgan fingerprint density at radius 1 is 1.11 bits per heavy atom. The average Bonchev–Trinajstić information content (AvgIpc) is 3.12. The van der Waals surface area contributed by atoms with Crippen molar-refractivity contribution in [2.75, 3.05) is 31.2 Å². The molecule has 28 heavy (non-hydrogen) atoms. The quantitative estimate of drug-likeness (QED) is 0.680. The summed E-state index contributed by atoms with van der Waals surface area (Å²) in [7, 11) is 1.67. The van der Waals surface area contributed by atoms with Crippen LogP contribution in [-0.2, 0) is 18.3 Å². The zero-order valence-electron chi connectivity index (χ0n) is 16.5. The lowest BCUT2D eigenvalue weighted by Crippen LogP contribution is -2.40. The van der Waals surface area contributed by atoms with Crippen LogP contribution in [0.1, 0.15) is 25.5 Å². The summed E-state index contributed by atoms with van der Waals surface area (Å²) in [5.41, 5.74) is 1.14. The first kappa shape index (κ1) is 18.5. The molecule has 148 valence electrons. The molecule has 1 aromatic carbocycles. The number of fused-ring (bicyclic) bond motifs is 1. The molecule has 4 rings (SSSR count). The molecule has 0 bridgehead atoms. The third kappa shape index (κ3) is 3.03. The molecule has 1 saturated heterocycles. The molecule has 0 saturated carbocycles. The van der Waals surface area contributed by atoms with Crippen molar-refractivity contribution in [2.24, 2.45) is 7.05 Å². The summed E-state index contributed by atoms with van der Waals surface area (Å²) >= 11 is 0. The number of morpholine rings is 1. The summed E-state index contributed by atoms with van der Waals surface area (Å²) in [5.74, 6) is 0.720. The second-order valence-corrected chi connectivity index (χ2v) is 7.37. The zero-order chi connectivity index (χ0) is 19.8. The number of imidazole rings is 1. The van der Waals surface area contributed by atoms with Gasteiger partial charge in [-0.3, -0.25) is 13.9 Å². The first-order chi connectivity index (χ1) is 13.5. The molecule has 3 aromatic rings. The van der Waals surface area contributed by atoms with Gasteiger partial charge in [0.2, 0.25) is 5.95 Å². The van der Waals surface area contributed by atoms with Crippen LogP contribution in [0, 0.1) is 0 Å². The Bertz CT molecular complexity index is 1100. The third-order valence-corrected chi connectivity index (χ3v) is 5.15. The summed E-state index contributed by atoms with van der Waals surface area (Å²) in [4.78, 5) is 33.1. The van der Waals surface area contributed by atoms with Gasteiger partial charge in [-0.25, -0.2) is 4.79 Å². The van der Waals surface area contributed by atoms with Gasteiger partial charge in [0.25, 0.3) is 5.56 Å². The average molecular weight is 383 g/mol. The molecule has 8 nitrogen and oxygen atoms in total. The van der Waals surface area contributed by atoms with Crippen molar-refractivity contribution in [3.8, 4) is 0 Å². The van der Waals surface area contributed by atoms with Crippen molar-refractivity contribution in [2.45, 2.75) is 26.4 Å². The van der Waals surface area contributed by atoms with Crippen molar-refractivity contribution in [3.05, 3.63) is 56.7 Å². The van der Waals surface area contributed by atoms with Crippen LogP contribution < -0.4 is 16.1 Å². The number of ether oxygens (including phenoxy) is 1. The highest BCUT2D eigenvalue weighted by Crippen LogP contribution is 2.25. The van der Waals surface area contributed by atoms with Gasteiger partial charge in [0.15, 0.2) is 11.2 Å². The van der Waals surface area contributed by atoms with Crippen LogP contribution in [0.3, 0.4) is 0 Å². The lowest BCUT2D eigenvalue weighted by molar-refractivity contribution is 0.121. The van der Waals surface area contributed by atoms with Gasteiger partial charge in [-0.15, -0.1) is 0 Å². The molecule has 0 aliphatic carbocycles. The summed E-state index contributed by atoms with van der Waals surface area (Å²) in [6.07, 6.45) is 0. The maximum Gasteiger partial charge on any atom is 0.332 e. The predicted molar refractivity (Wildman–Crippen MR) is 108 cm³/mol. The van der Waals surface area contributed by atoms with Gasteiger partial charge in [0, 0.05) is 26.2 Å². The Kier molecular flexibility index (Phi) is 4.80. The highest BCUT2D eigenvalue weighted by molar-refractivity contribution is 5.75. The summed E-state index contributed by atoms with van der Waals surface area (Å²) in [6, 6.07) is 9.56. The molecule has 0 N–H and O–H groups in total. The molecule has 1 fully saturated rings. The van der Waals surface area contributed by atoms with E-state index in [1.807, 2.05) is 48.7 Å². The lowest BCUT2D eigenvalue weighted by Gasteiger charge is -2.29. The maximum atomic E-state index is 13.4. The van der Waals surface area contributed by atoms with Crippen molar-refractivity contribution in [3.63, 3.8) is 0 Å². The van der Waals surface area contributed by atoms with Crippen molar-refractivity contribution in [1.29, 1.82) is 0 Å². The van der Waals surface area contributed by atoms with Crippen LogP contribution in [0.25, 0.3) is 11.2 Å².